The summed E-state index contributed by atoms with van der Waals surface area (Å²) in [6.45, 7) is 4.24. The van der Waals surface area contributed by atoms with Crippen molar-refractivity contribution in [3.8, 4) is 5.75 Å². The Morgan fingerprint density at radius 3 is 2.63 bits per heavy atom. The van der Waals surface area contributed by atoms with Gasteiger partial charge in [-0.2, -0.15) is 0 Å². The first kappa shape index (κ1) is 13.7. The molecule has 19 heavy (non-hydrogen) atoms. The van der Waals surface area contributed by atoms with E-state index in [0.717, 1.165) is 24.2 Å². The number of aromatic hydroxyl groups is 1. The molecule has 0 saturated carbocycles. The third-order valence-corrected chi connectivity index (χ3v) is 3.29. The summed E-state index contributed by atoms with van der Waals surface area (Å²) in [5.74, 6) is 1.33. The summed E-state index contributed by atoms with van der Waals surface area (Å²) in [5.41, 5.74) is 0.955. The number of phenols is 1. The minimum absolute atomic E-state index is 0.158. The van der Waals surface area contributed by atoms with E-state index >= 15 is 0 Å². The summed E-state index contributed by atoms with van der Waals surface area (Å²) in [6, 6.07) is 11.8. The predicted octanol–water partition coefficient (Wildman–Crippen LogP) is 3.66. The molecule has 2 N–H and O–H groups in total. The molecular weight excluding hydrogens is 238 g/mol. The Hall–Kier alpha value is -1.74. The third-order valence-electron chi connectivity index (χ3n) is 3.29. The largest absolute Gasteiger partial charge is 0.508 e. The minimum Gasteiger partial charge on any atom is -0.508 e. The molecule has 2 rings (SSSR count). The van der Waals surface area contributed by atoms with Crippen LogP contribution in [-0.2, 0) is 6.42 Å². The highest BCUT2D eigenvalue weighted by molar-refractivity contribution is 5.34. The van der Waals surface area contributed by atoms with Gasteiger partial charge >= 0.3 is 0 Å². The van der Waals surface area contributed by atoms with E-state index in [1.54, 1.807) is 12.3 Å². The first-order valence-electron chi connectivity index (χ1n) is 6.77. The molecule has 3 nitrogen and oxygen atoms in total. The summed E-state index contributed by atoms with van der Waals surface area (Å²) in [4.78, 5) is 0. The van der Waals surface area contributed by atoms with Crippen LogP contribution < -0.4 is 5.32 Å². The number of hydrogen-bond acceptors (Lipinski definition) is 3. The van der Waals surface area contributed by atoms with Gasteiger partial charge < -0.3 is 14.8 Å². The number of phenolic OH excluding ortho intramolecular Hbond substituents is 1. The maximum Gasteiger partial charge on any atom is 0.120 e. The number of benzene rings is 1. The van der Waals surface area contributed by atoms with Crippen LogP contribution >= 0.6 is 0 Å². The van der Waals surface area contributed by atoms with Gasteiger partial charge in [0.2, 0.25) is 0 Å². The molecule has 0 spiro atoms. The van der Waals surface area contributed by atoms with Crippen molar-refractivity contribution in [2.75, 3.05) is 0 Å². The summed E-state index contributed by atoms with van der Waals surface area (Å²) >= 11 is 0. The summed E-state index contributed by atoms with van der Waals surface area (Å²) in [6.07, 6.45) is 3.47. The molecule has 1 heterocycles. The Morgan fingerprint density at radius 1 is 1.21 bits per heavy atom. The van der Waals surface area contributed by atoms with E-state index in [-0.39, 0.29) is 12.1 Å². The van der Waals surface area contributed by atoms with Crippen LogP contribution in [0.15, 0.2) is 47.1 Å². The average molecular weight is 259 g/mol. The van der Waals surface area contributed by atoms with Gasteiger partial charge in [0.1, 0.15) is 11.5 Å². The van der Waals surface area contributed by atoms with Gasteiger partial charge in [-0.1, -0.05) is 25.1 Å². The lowest BCUT2D eigenvalue weighted by atomic mass is 10.0. The second kappa shape index (κ2) is 6.43. The fourth-order valence-electron chi connectivity index (χ4n) is 2.34. The van der Waals surface area contributed by atoms with Gasteiger partial charge in [0, 0.05) is 24.1 Å². The molecule has 0 aliphatic heterocycles. The Balaban J connectivity index is 2.01. The van der Waals surface area contributed by atoms with E-state index in [4.69, 9.17) is 4.42 Å². The van der Waals surface area contributed by atoms with Gasteiger partial charge in [-0.25, -0.2) is 0 Å². The van der Waals surface area contributed by atoms with E-state index in [1.165, 1.54) is 0 Å². The molecule has 0 bridgehead atoms. The number of para-hydroxylation sites is 1. The summed E-state index contributed by atoms with van der Waals surface area (Å²) in [7, 11) is 0. The van der Waals surface area contributed by atoms with Crippen molar-refractivity contribution in [3.63, 3.8) is 0 Å². The van der Waals surface area contributed by atoms with E-state index in [9.17, 15) is 5.11 Å². The highest BCUT2D eigenvalue weighted by Gasteiger charge is 2.16. The zero-order chi connectivity index (χ0) is 13.7. The van der Waals surface area contributed by atoms with Gasteiger partial charge in [0.05, 0.1) is 6.26 Å². The second-order valence-corrected chi connectivity index (χ2v) is 4.87. The van der Waals surface area contributed by atoms with Gasteiger partial charge in [-0.05, 0) is 31.5 Å². The zero-order valence-electron chi connectivity index (χ0n) is 11.5. The Bertz CT molecular complexity index is 493. The summed E-state index contributed by atoms with van der Waals surface area (Å²) in [5, 5.41) is 13.5. The Morgan fingerprint density at radius 2 is 2.00 bits per heavy atom. The average Bonchev–Trinajstić information content (AvgIpc) is 2.89. The minimum atomic E-state index is 0.158. The molecule has 0 radical (unpaired) electrons. The van der Waals surface area contributed by atoms with Crippen LogP contribution in [0.1, 0.15) is 37.6 Å². The van der Waals surface area contributed by atoms with E-state index in [2.05, 4.69) is 19.2 Å². The van der Waals surface area contributed by atoms with Crippen molar-refractivity contribution in [3.05, 3.63) is 54.0 Å². The van der Waals surface area contributed by atoms with Gasteiger partial charge in [-0.15, -0.1) is 0 Å². The van der Waals surface area contributed by atoms with Crippen LogP contribution in [0, 0.1) is 0 Å². The zero-order valence-corrected chi connectivity index (χ0v) is 11.5. The second-order valence-electron chi connectivity index (χ2n) is 4.87. The monoisotopic (exact) mass is 259 g/mol. The maximum atomic E-state index is 9.92. The van der Waals surface area contributed by atoms with Crippen LogP contribution in [0.2, 0.25) is 0 Å². The normalized spacial score (nSPS) is 14.2. The lowest BCUT2D eigenvalue weighted by Gasteiger charge is -2.23. The van der Waals surface area contributed by atoms with Crippen molar-refractivity contribution in [2.24, 2.45) is 0 Å². The van der Waals surface area contributed by atoms with Crippen LogP contribution in [0.4, 0.5) is 0 Å². The molecular formula is C16H21NO2. The van der Waals surface area contributed by atoms with Gasteiger partial charge in [0.15, 0.2) is 0 Å². The van der Waals surface area contributed by atoms with Crippen molar-refractivity contribution in [1.29, 1.82) is 0 Å². The molecule has 0 aliphatic carbocycles. The van der Waals surface area contributed by atoms with Crippen molar-refractivity contribution < 1.29 is 9.52 Å². The van der Waals surface area contributed by atoms with Crippen molar-refractivity contribution >= 4 is 0 Å². The molecule has 0 amide bonds. The van der Waals surface area contributed by atoms with Crippen molar-refractivity contribution in [2.45, 2.75) is 38.8 Å². The third kappa shape index (κ3) is 3.61. The fraction of sp³-hybridized carbons (Fsp3) is 0.375. The molecule has 3 heteroatoms. The highest BCUT2D eigenvalue weighted by atomic mass is 16.3. The molecule has 0 aliphatic rings. The molecule has 1 aromatic carbocycles. The van der Waals surface area contributed by atoms with Crippen LogP contribution in [0.5, 0.6) is 5.75 Å². The molecule has 2 aromatic rings. The lowest BCUT2D eigenvalue weighted by molar-refractivity contribution is 0.395. The molecule has 0 saturated heterocycles. The molecule has 1 aromatic heterocycles. The Kier molecular flexibility index (Phi) is 4.63. The molecule has 0 fully saturated rings. The fourth-order valence-corrected chi connectivity index (χ4v) is 2.34. The van der Waals surface area contributed by atoms with E-state index < -0.39 is 0 Å². The SMILES string of the molecule is CCC(NC(C)Cc1ccco1)c1ccccc1O. The smallest absolute Gasteiger partial charge is 0.120 e. The standard InChI is InChI=1S/C16H21NO2/c1-3-15(14-8-4-5-9-16(14)18)17-12(2)11-13-7-6-10-19-13/h4-10,12,15,17-18H,3,11H2,1-2H3. The topological polar surface area (TPSA) is 45.4 Å². The lowest BCUT2D eigenvalue weighted by Crippen LogP contribution is -2.31. The van der Waals surface area contributed by atoms with Crippen LogP contribution in [0.3, 0.4) is 0 Å². The van der Waals surface area contributed by atoms with Gasteiger partial charge in [-0.3, -0.25) is 0 Å². The van der Waals surface area contributed by atoms with E-state index in [1.807, 2.05) is 30.3 Å². The van der Waals surface area contributed by atoms with Gasteiger partial charge in [0.25, 0.3) is 0 Å². The molecule has 2 atom stereocenters. The quantitative estimate of drug-likeness (QED) is 0.832. The molecule has 102 valence electrons. The summed E-state index contributed by atoms with van der Waals surface area (Å²) < 4.78 is 5.36. The number of hydrogen-bond donors (Lipinski definition) is 2. The molecule has 2 unspecified atom stereocenters. The van der Waals surface area contributed by atoms with Crippen LogP contribution in [0.25, 0.3) is 0 Å². The predicted molar refractivity (Wildman–Crippen MR) is 76.1 cm³/mol. The maximum absolute atomic E-state index is 9.92. The highest BCUT2D eigenvalue weighted by Crippen LogP contribution is 2.26. The van der Waals surface area contributed by atoms with Crippen molar-refractivity contribution in [1.82, 2.24) is 5.32 Å². The van der Waals surface area contributed by atoms with E-state index in [0.29, 0.717) is 5.75 Å². The number of furan rings is 1. The first-order chi connectivity index (χ1) is 9.20. The first-order valence-corrected chi connectivity index (χ1v) is 6.77. The Labute approximate surface area is 114 Å². The number of rotatable bonds is 6. The number of nitrogens with one attached hydrogen (secondary N) is 1. The van der Waals surface area contributed by atoms with Crippen LogP contribution in [-0.4, -0.2) is 11.1 Å².